The number of hydrogen-bond acceptors (Lipinski definition) is 3. The average Bonchev–Trinajstić information content (AvgIpc) is 2.49. The standard InChI is InChI=1S/C14H10BrClN2O2S/c1-18(11-4-2-3-10(7-11)9-17)21(19,20)12-5-6-14(16)13(15)8-12/h2-8H,1H3. The van der Waals surface area contributed by atoms with Crippen LogP contribution in [0, 0.1) is 11.3 Å². The summed E-state index contributed by atoms with van der Waals surface area (Å²) in [5, 5.41) is 9.33. The van der Waals surface area contributed by atoms with E-state index in [1.54, 1.807) is 18.2 Å². The summed E-state index contributed by atoms with van der Waals surface area (Å²) in [5.74, 6) is 0. The third-order valence-electron chi connectivity index (χ3n) is 2.89. The maximum atomic E-state index is 12.6. The molecular weight excluding hydrogens is 376 g/mol. The molecule has 0 amide bonds. The van der Waals surface area contributed by atoms with Crippen LogP contribution in [0.15, 0.2) is 51.8 Å². The second kappa shape index (κ2) is 6.06. The fourth-order valence-corrected chi connectivity index (χ4v) is 3.57. The van der Waals surface area contributed by atoms with Crippen LogP contribution in [0.3, 0.4) is 0 Å². The quantitative estimate of drug-likeness (QED) is 0.807. The predicted octanol–water partition coefficient (Wildman–Crippen LogP) is 3.80. The van der Waals surface area contributed by atoms with E-state index in [-0.39, 0.29) is 4.90 Å². The van der Waals surface area contributed by atoms with Crippen LogP contribution in [0.5, 0.6) is 0 Å². The van der Waals surface area contributed by atoms with Crippen LogP contribution in [0.25, 0.3) is 0 Å². The SMILES string of the molecule is CN(c1cccc(C#N)c1)S(=O)(=O)c1ccc(Cl)c(Br)c1. The van der Waals surface area contributed by atoms with Gasteiger partial charge < -0.3 is 0 Å². The van der Waals surface area contributed by atoms with Crippen molar-refractivity contribution in [3.63, 3.8) is 0 Å². The molecule has 7 heteroatoms. The van der Waals surface area contributed by atoms with E-state index in [0.29, 0.717) is 20.7 Å². The van der Waals surface area contributed by atoms with E-state index < -0.39 is 10.0 Å². The molecule has 0 aromatic heterocycles. The normalized spacial score (nSPS) is 11.0. The van der Waals surface area contributed by atoms with Crippen LogP contribution in [-0.4, -0.2) is 15.5 Å². The highest BCUT2D eigenvalue weighted by Gasteiger charge is 2.22. The number of rotatable bonds is 3. The molecule has 0 saturated heterocycles. The largest absolute Gasteiger partial charge is 0.269 e. The van der Waals surface area contributed by atoms with Gasteiger partial charge in [0.15, 0.2) is 0 Å². The van der Waals surface area contributed by atoms with Gasteiger partial charge in [0.1, 0.15) is 0 Å². The van der Waals surface area contributed by atoms with Gasteiger partial charge >= 0.3 is 0 Å². The minimum absolute atomic E-state index is 0.114. The Kier molecular flexibility index (Phi) is 4.57. The van der Waals surface area contributed by atoms with Crippen molar-refractivity contribution in [3.8, 4) is 6.07 Å². The molecule has 2 rings (SSSR count). The number of benzene rings is 2. The lowest BCUT2D eigenvalue weighted by atomic mass is 10.2. The summed E-state index contributed by atoms with van der Waals surface area (Å²) in [5.41, 5.74) is 0.812. The monoisotopic (exact) mass is 384 g/mol. The maximum absolute atomic E-state index is 12.6. The minimum atomic E-state index is -3.72. The molecular formula is C14H10BrClN2O2S. The van der Waals surface area contributed by atoms with E-state index in [1.165, 1.54) is 31.3 Å². The van der Waals surface area contributed by atoms with Gasteiger partial charge in [-0.2, -0.15) is 5.26 Å². The smallest absolute Gasteiger partial charge is 0.264 e. The van der Waals surface area contributed by atoms with E-state index in [2.05, 4.69) is 15.9 Å². The zero-order chi connectivity index (χ0) is 15.6. The first-order valence-electron chi connectivity index (χ1n) is 5.80. The molecule has 0 aliphatic heterocycles. The summed E-state index contributed by atoms with van der Waals surface area (Å²) in [6.07, 6.45) is 0. The fourth-order valence-electron chi connectivity index (χ4n) is 1.71. The maximum Gasteiger partial charge on any atom is 0.264 e. The molecule has 2 aromatic rings. The van der Waals surface area contributed by atoms with Crippen molar-refractivity contribution in [2.45, 2.75) is 4.90 Å². The van der Waals surface area contributed by atoms with Crippen molar-refractivity contribution in [3.05, 3.63) is 57.5 Å². The van der Waals surface area contributed by atoms with Crippen molar-refractivity contribution >= 4 is 43.2 Å². The summed E-state index contributed by atoms with van der Waals surface area (Å²) in [4.78, 5) is 0.114. The van der Waals surface area contributed by atoms with Crippen LogP contribution in [0.4, 0.5) is 5.69 Å². The van der Waals surface area contributed by atoms with Gasteiger partial charge in [0.25, 0.3) is 10.0 Å². The van der Waals surface area contributed by atoms with Crippen LogP contribution < -0.4 is 4.31 Å². The third kappa shape index (κ3) is 3.21. The lowest BCUT2D eigenvalue weighted by Gasteiger charge is -2.20. The Morgan fingerprint density at radius 2 is 1.95 bits per heavy atom. The zero-order valence-electron chi connectivity index (χ0n) is 10.9. The summed E-state index contributed by atoms with van der Waals surface area (Å²) < 4.78 is 26.8. The van der Waals surface area contributed by atoms with Crippen molar-refractivity contribution in [2.24, 2.45) is 0 Å². The fraction of sp³-hybridized carbons (Fsp3) is 0.0714. The van der Waals surface area contributed by atoms with Gasteiger partial charge in [-0.05, 0) is 52.3 Å². The van der Waals surface area contributed by atoms with Crippen molar-refractivity contribution in [1.82, 2.24) is 0 Å². The van der Waals surface area contributed by atoms with Crippen molar-refractivity contribution in [1.29, 1.82) is 5.26 Å². The Bertz CT molecular complexity index is 831. The molecule has 0 spiro atoms. The number of hydrogen-bond donors (Lipinski definition) is 0. The number of anilines is 1. The van der Waals surface area contributed by atoms with E-state index in [0.717, 1.165) is 4.31 Å². The van der Waals surface area contributed by atoms with Crippen LogP contribution in [0.1, 0.15) is 5.56 Å². The van der Waals surface area contributed by atoms with E-state index in [1.807, 2.05) is 6.07 Å². The third-order valence-corrected chi connectivity index (χ3v) is 5.88. The summed E-state index contributed by atoms with van der Waals surface area (Å²) in [6.45, 7) is 0. The molecule has 0 aliphatic carbocycles. The summed E-state index contributed by atoms with van der Waals surface area (Å²) in [7, 11) is -2.28. The highest BCUT2D eigenvalue weighted by Crippen LogP contribution is 2.28. The molecule has 0 N–H and O–H groups in total. The Morgan fingerprint density at radius 1 is 1.24 bits per heavy atom. The van der Waals surface area contributed by atoms with Crippen LogP contribution in [-0.2, 0) is 10.0 Å². The summed E-state index contributed by atoms with van der Waals surface area (Å²) >= 11 is 9.08. The van der Waals surface area contributed by atoms with Crippen LogP contribution in [0.2, 0.25) is 5.02 Å². The molecule has 0 heterocycles. The Labute approximate surface area is 136 Å². The molecule has 0 bridgehead atoms. The molecule has 108 valence electrons. The Balaban J connectivity index is 2.47. The number of nitrogens with zero attached hydrogens (tertiary/aromatic N) is 2. The van der Waals surface area contributed by atoms with Gasteiger partial charge in [0.2, 0.25) is 0 Å². The zero-order valence-corrected chi connectivity index (χ0v) is 14.1. The van der Waals surface area contributed by atoms with Crippen molar-refractivity contribution < 1.29 is 8.42 Å². The van der Waals surface area contributed by atoms with E-state index >= 15 is 0 Å². The van der Waals surface area contributed by atoms with E-state index in [4.69, 9.17) is 16.9 Å². The highest BCUT2D eigenvalue weighted by molar-refractivity contribution is 9.10. The average molecular weight is 386 g/mol. The molecule has 0 saturated carbocycles. The van der Waals surface area contributed by atoms with Gasteiger partial charge in [-0.25, -0.2) is 8.42 Å². The molecule has 4 nitrogen and oxygen atoms in total. The van der Waals surface area contributed by atoms with Gasteiger partial charge in [-0.15, -0.1) is 0 Å². The highest BCUT2D eigenvalue weighted by atomic mass is 79.9. The van der Waals surface area contributed by atoms with Gasteiger partial charge in [0, 0.05) is 11.5 Å². The second-order valence-electron chi connectivity index (χ2n) is 4.21. The van der Waals surface area contributed by atoms with E-state index in [9.17, 15) is 8.42 Å². The molecule has 0 atom stereocenters. The number of nitriles is 1. The second-order valence-corrected chi connectivity index (χ2v) is 7.44. The Hall–Kier alpha value is -1.55. The molecule has 2 aromatic carbocycles. The minimum Gasteiger partial charge on any atom is -0.269 e. The molecule has 0 aliphatic rings. The molecule has 0 unspecified atom stereocenters. The first-order valence-corrected chi connectivity index (χ1v) is 8.41. The van der Waals surface area contributed by atoms with Crippen LogP contribution >= 0.6 is 27.5 Å². The molecule has 0 fully saturated rings. The number of sulfonamides is 1. The van der Waals surface area contributed by atoms with Gasteiger partial charge in [-0.1, -0.05) is 17.7 Å². The lowest BCUT2D eigenvalue weighted by Crippen LogP contribution is -2.26. The summed E-state index contributed by atoms with van der Waals surface area (Å²) in [6, 6.07) is 12.8. The Morgan fingerprint density at radius 3 is 2.57 bits per heavy atom. The predicted molar refractivity (Wildman–Crippen MR) is 85.9 cm³/mol. The van der Waals surface area contributed by atoms with Gasteiger partial charge in [0.05, 0.1) is 27.2 Å². The first kappa shape index (κ1) is 15.8. The topological polar surface area (TPSA) is 61.2 Å². The lowest BCUT2D eigenvalue weighted by molar-refractivity contribution is 0.594. The van der Waals surface area contributed by atoms with Gasteiger partial charge in [-0.3, -0.25) is 4.31 Å². The number of halogens is 2. The molecule has 21 heavy (non-hydrogen) atoms. The molecule has 0 radical (unpaired) electrons. The first-order chi connectivity index (χ1) is 9.86. The van der Waals surface area contributed by atoms with Crippen molar-refractivity contribution in [2.75, 3.05) is 11.4 Å².